The molecule has 1 saturated heterocycles. The molecule has 0 bridgehead atoms. The lowest BCUT2D eigenvalue weighted by atomic mass is 9.97. The lowest BCUT2D eigenvalue weighted by Crippen LogP contribution is -2.49. The van der Waals surface area contributed by atoms with Gasteiger partial charge in [0.2, 0.25) is 0 Å². The number of aliphatic hydroxyl groups is 1. The number of alkyl carbamates (subject to hydrolysis) is 1. The summed E-state index contributed by atoms with van der Waals surface area (Å²) in [6.07, 6.45) is 0.426. The second-order valence-electron chi connectivity index (χ2n) is 7.38. The number of aliphatic hydroxyl groups excluding tert-OH is 1. The Morgan fingerprint density at radius 3 is 2.17 bits per heavy atom. The van der Waals surface area contributed by atoms with Crippen LogP contribution in [-0.2, 0) is 22.7 Å². The molecule has 1 fully saturated rings. The van der Waals surface area contributed by atoms with E-state index in [-0.39, 0.29) is 32.3 Å². The number of hydrogen-bond acceptors (Lipinski definition) is 5. The normalized spacial score (nSPS) is 18.9. The van der Waals surface area contributed by atoms with Crippen molar-refractivity contribution in [2.45, 2.75) is 32.1 Å². The number of carbonyl (C=O) groups excluding carboxylic acids is 2. The van der Waals surface area contributed by atoms with Gasteiger partial charge in [0.15, 0.2) is 0 Å². The third-order valence-corrected chi connectivity index (χ3v) is 5.20. The molecule has 2 aromatic rings. The topological polar surface area (TPSA) is 88.1 Å². The molecule has 0 saturated carbocycles. The molecule has 30 heavy (non-hydrogen) atoms. The van der Waals surface area contributed by atoms with Gasteiger partial charge >= 0.3 is 12.2 Å². The Kier molecular flexibility index (Phi) is 8.09. The zero-order chi connectivity index (χ0) is 21.2. The van der Waals surface area contributed by atoms with Crippen molar-refractivity contribution >= 4 is 12.2 Å². The van der Waals surface area contributed by atoms with Crippen molar-refractivity contribution in [3.05, 3.63) is 71.8 Å². The van der Waals surface area contributed by atoms with Crippen molar-refractivity contribution in [2.24, 2.45) is 5.92 Å². The molecule has 1 aliphatic rings. The van der Waals surface area contributed by atoms with E-state index >= 15 is 0 Å². The first-order valence-electron chi connectivity index (χ1n) is 10.2. The smallest absolute Gasteiger partial charge is 0.410 e. The number of benzene rings is 2. The average Bonchev–Trinajstić information content (AvgIpc) is 2.99. The molecule has 7 heteroatoms. The predicted octanol–water partition coefficient (Wildman–Crippen LogP) is 3.32. The number of likely N-dealkylation sites (tertiary alicyclic amines) is 1. The second kappa shape index (κ2) is 11.2. The molecule has 2 amide bonds. The molecule has 1 heterocycles. The summed E-state index contributed by atoms with van der Waals surface area (Å²) in [6.45, 7) is 1.06. The molecule has 7 nitrogen and oxygen atoms in total. The van der Waals surface area contributed by atoms with Crippen molar-refractivity contribution in [2.75, 3.05) is 19.7 Å². The quantitative estimate of drug-likeness (QED) is 0.760. The largest absolute Gasteiger partial charge is 0.445 e. The second-order valence-corrected chi connectivity index (χ2v) is 7.38. The van der Waals surface area contributed by atoms with Gasteiger partial charge in [0, 0.05) is 25.6 Å². The zero-order valence-electron chi connectivity index (χ0n) is 16.9. The molecule has 2 unspecified atom stereocenters. The minimum atomic E-state index is -0.568. The maximum Gasteiger partial charge on any atom is 0.410 e. The molecule has 1 aliphatic heterocycles. The highest BCUT2D eigenvalue weighted by Gasteiger charge is 2.31. The summed E-state index contributed by atoms with van der Waals surface area (Å²) >= 11 is 0. The number of rotatable bonds is 6. The van der Waals surface area contributed by atoms with Crippen LogP contribution in [0, 0.1) is 5.92 Å². The van der Waals surface area contributed by atoms with Gasteiger partial charge in [-0.25, -0.2) is 9.59 Å². The summed E-state index contributed by atoms with van der Waals surface area (Å²) in [5, 5.41) is 12.6. The van der Waals surface area contributed by atoms with Crippen LogP contribution in [0.5, 0.6) is 0 Å². The average molecular weight is 412 g/mol. The number of hydrogen-bond donors (Lipinski definition) is 2. The molecule has 3 rings (SSSR count). The molecular weight excluding hydrogens is 384 g/mol. The third kappa shape index (κ3) is 6.49. The summed E-state index contributed by atoms with van der Waals surface area (Å²) in [4.78, 5) is 26.4. The van der Waals surface area contributed by atoms with E-state index in [1.807, 2.05) is 60.7 Å². The zero-order valence-corrected chi connectivity index (χ0v) is 16.9. The number of carbonyl (C=O) groups is 2. The molecule has 2 aromatic carbocycles. The number of ether oxygens (including phenoxy) is 2. The number of nitrogens with zero attached hydrogens (tertiary/aromatic N) is 1. The maximum absolute atomic E-state index is 12.6. The van der Waals surface area contributed by atoms with Crippen LogP contribution in [0.1, 0.15) is 24.0 Å². The SMILES string of the molecule is O=C(NC1CN(C(=O)OCc2ccccc2)CCCC1CO)OCc1ccccc1. The van der Waals surface area contributed by atoms with Crippen LogP contribution in [0.25, 0.3) is 0 Å². The van der Waals surface area contributed by atoms with E-state index in [1.165, 1.54) is 0 Å². The first-order chi connectivity index (χ1) is 14.7. The number of nitrogens with one attached hydrogen (secondary N) is 1. The van der Waals surface area contributed by atoms with Crippen LogP contribution in [0.2, 0.25) is 0 Å². The highest BCUT2D eigenvalue weighted by atomic mass is 16.6. The van der Waals surface area contributed by atoms with Gasteiger partial charge in [-0.3, -0.25) is 0 Å². The molecule has 0 spiro atoms. The van der Waals surface area contributed by atoms with Crippen molar-refractivity contribution < 1.29 is 24.2 Å². The van der Waals surface area contributed by atoms with Gasteiger partial charge in [0.05, 0.1) is 6.04 Å². The lowest BCUT2D eigenvalue weighted by molar-refractivity contribution is 0.0882. The monoisotopic (exact) mass is 412 g/mol. The van der Waals surface area contributed by atoms with Crippen LogP contribution in [-0.4, -0.2) is 47.9 Å². The van der Waals surface area contributed by atoms with Gasteiger partial charge in [-0.15, -0.1) is 0 Å². The first-order valence-corrected chi connectivity index (χ1v) is 10.2. The molecular formula is C23H28N2O5. The van der Waals surface area contributed by atoms with Crippen molar-refractivity contribution in [1.29, 1.82) is 0 Å². The van der Waals surface area contributed by atoms with E-state index in [2.05, 4.69) is 5.32 Å². The van der Waals surface area contributed by atoms with E-state index in [1.54, 1.807) is 4.90 Å². The number of amides is 2. The van der Waals surface area contributed by atoms with Gasteiger partial charge in [0.25, 0.3) is 0 Å². The standard InChI is InChI=1S/C23H28N2O5/c26-15-20-12-7-13-25(23(28)30-17-19-10-5-2-6-11-19)14-21(20)24-22(27)29-16-18-8-3-1-4-9-18/h1-6,8-11,20-21,26H,7,12-17H2,(H,24,27). The van der Waals surface area contributed by atoms with Crippen LogP contribution in [0.15, 0.2) is 60.7 Å². The summed E-state index contributed by atoms with van der Waals surface area (Å²) < 4.78 is 10.7. The Morgan fingerprint density at radius 2 is 1.57 bits per heavy atom. The Balaban J connectivity index is 1.54. The van der Waals surface area contributed by atoms with Crippen LogP contribution >= 0.6 is 0 Å². The molecule has 160 valence electrons. The third-order valence-electron chi connectivity index (χ3n) is 5.20. The molecule has 0 aliphatic carbocycles. The van der Waals surface area contributed by atoms with Gasteiger partial charge in [0.1, 0.15) is 13.2 Å². The fourth-order valence-electron chi connectivity index (χ4n) is 3.50. The lowest BCUT2D eigenvalue weighted by Gasteiger charge is -2.27. The predicted molar refractivity (Wildman–Crippen MR) is 112 cm³/mol. The van der Waals surface area contributed by atoms with E-state index in [9.17, 15) is 14.7 Å². The summed E-state index contributed by atoms with van der Waals surface area (Å²) in [7, 11) is 0. The van der Waals surface area contributed by atoms with Crippen molar-refractivity contribution in [1.82, 2.24) is 10.2 Å². The molecule has 2 N–H and O–H groups in total. The van der Waals surface area contributed by atoms with E-state index in [0.29, 0.717) is 13.0 Å². The first kappa shape index (κ1) is 21.6. The summed E-state index contributed by atoms with van der Waals surface area (Å²) in [5.74, 6) is -0.152. The van der Waals surface area contributed by atoms with Gasteiger partial charge in [-0.1, -0.05) is 60.7 Å². The van der Waals surface area contributed by atoms with Crippen LogP contribution < -0.4 is 5.32 Å². The van der Waals surface area contributed by atoms with Gasteiger partial charge in [-0.2, -0.15) is 0 Å². The fourth-order valence-corrected chi connectivity index (χ4v) is 3.50. The Hall–Kier alpha value is -3.06. The Morgan fingerprint density at radius 1 is 0.967 bits per heavy atom. The molecule has 2 atom stereocenters. The van der Waals surface area contributed by atoms with E-state index in [0.717, 1.165) is 17.5 Å². The summed E-state index contributed by atoms with van der Waals surface area (Å²) in [5.41, 5.74) is 1.80. The van der Waals surface area contributed by atoms with E-state index in [4.69, 9.17) is 9.47 Å². The fraction of sp³-hybridized carbons (Fsp3) is 0.391. The van der Waals surface area contributed by atoms with Crippen molar-refractivity contribution in [3.63, 3.8) is 0 Å². The summed E-state index contributed by atoms with van der Waals surface area (Å²) in [6, 6.07) is 18.5. The maximum atomic E-state index is 12.6. The molecule has 0 aromatic heterocycles. The Bertz CT molecular complexity index is 800. The highest BCUT2D eigenvalue weighted by Crippen LogP contribution is 2.19. The van der Waals surface area contributed by atoms with Gasteiger partial charge in [-0.05, 0) is 24.0 Å². The van der Waals surface area contributed by atoms with E-state index < -0.39 is 18.2 Å². The van der Waals surface area contributed by atoms with Crippen LogP contribution in [0.4, 0.5) is 9.59 Å². The Labute approximate surface area is 176 Å². The van der Waals surface area contributed by atoms with Gasteiger partial charge < -0.3 is 24.8 Å². The highest BCUT2D eigenvalue weighted by molar-refractivity contribution is 5.69. The minimum absolute atomic E-state index is 0.0729. The minimum Gasteiger partial charge on any atom is -0.445 e. The molecule has 0 radical (unpaired) electrons. The van der Waals surface area contributed by atoms with Crippen LogP contribution in [0.3, 0.4) is 0 Å². The van der Waals surface area contributed by atoms with Crippen molar-refractivity contribution in [3.8, 4) is 0 Å².